The molecule has 130 valence electrons. The number of aromatic nitrogens is 1. The van der Waals surface area contributed by atoms with Gasteiger partial charge in [-0.2, -0.15) is 0 Å². The molecule has 2 heterocycles. The number of hydrogen-bond acceptors (Lipinski definition) is 4. The average Bonchev–Trinajstić information content (AvgIpc) is 3.02. The maximum absolute atomic E-state index is 12.4. The molecule has 0 bridgehead atoms. The third kappa shape index (κ3) is 3.99. The second-order valence-corrected chi connectivity index (χ2v) is 6.69. The van der Waals surface area contributed by atoms with E-state index in [4.69, 9.17) is 4.74 Å². The molecule has 1 saturated heterocycles. The highest BCUT2D eigenvalue weighted by molar-refractivity contribution is 9.10. The van der Waals surface area contributed by atoms with Crippen LogP contribution in [-0.4, -0.2) is 30.5 Å². The summed E-state index contributed by atoms with van der Waals surface area (Å²) in [5.41, 5.74) is 1.59. The van der Waals surface area contributed by atoms with Crippen LogP contribution in [0.15, 0.2) is 47.1 Å². The van der Waals surface area contributed by atoms with E-state index in [1.54, 1.807) is 24.3 Å². The van der Waals surface area contributed by atoms with Crippen LogP contribution in [0.2, 0.25) is 0 Å². The van der Waals surface area contributed by atoms with Gasteiger partial charge in [0.1, 0.15) is 0 Å². The Morgan fingerprint density at radius 1 is 1.40 bits per heavy atom. The Bertz CT molecular complexity index is 797. The van der Waals surface area contributed by atoms with Crippen LogP contribution in [0, 0.1) is 5.92 Å². The predicted octanol–water partition coefficient (Wildman–Crippen LogP) is 2.52. The molecule has 1 aromatic heterocycles. The molecule has 7 heteroatoms. The van der Waals surface area contributed by atoms with Gasteiger partial charge in [-0.15, -0.1) is 0 Å². The first kappa shape index (κ1) is 17.4. The molecule has 1 atom stereocenters. The highest BCUT2D eigenvalue weighted by Crippen LogP contribution is 2.27. The van der Waals surface area contributed by atoms with Gasteiger partial charge < -0.3 is 15.0 Å². The number of amides is 2. The normalized spacial score (nSPS) is 16.8. The van der Waals surface area contributed by atoms with Crippen molar-refractivity contribution in [3.63, 3.8) is 0 Å². The summed E-state index contributed by atoms with van der Waals surface area (Å²) in [6, 6.07) is 11.1. The van der Waals surface area contributed by atoms with Crippen molar-refractivity contribution in [2.24, 2.45) is 5.92 Å². The van der Waals surface area contributed by atoms with Crippen LogP contribution < -0.4 is 15.0 Å². The molecule has 0 saturated carbocycles. The van der Waals surface area contributed by atoms with Gasteiger partial charge in [-0.1, -0.05) is 28.1 Å². The quantitative estimate of drug-likeness (QED) is 0.832. The first-order chi connectivity index (χ1) is 12.1. The first-order valence-electron chi connectivity index (χ1n) is 7.90. The number of nitrogens with one attached hydrogen (secondary N) is 1. The molecular formula is C18H18BrN3O3. The lowest BCUT2D eigenvalue weighted by molar-refractivity contribution is -0.126. The first-order valence-corrected chi connectivity index (χ1v) is 8.69. The topological polar surface area (TPSA) is 71.5 Å². The van der Waals surface area contributed by atoms with Gasteiger partial charge in [-0.25, -0.2) is 4.98 Å². The second-order valence-electron chi connectivity index (χ2n) is 5.77. The summed E-state index contributed by atoms with van der Waals surface area (Å²) in [6.07, 6.45) is 1.85. The van der Waals surface area contributed by atoms with Crippen LogP contribution in [0.3, 0.4) is 0 Å². The van der Waals surface area contributed by atoms with E-state index in [1.165, 1.54) is 0 Å². The Labute approximate surface area is 154 Å². The average molecular weight is 404 g/mol. The zero-order valence-electron chi connectivity index (χ0n) is 13.7. The summed E-state index contributed by atoms with van der Waals surface area (Å²) in [4.78, 5) is 30.5. The van der Waals surface area contributed by atoms with Gasteiger partial charge in [-0.3, -0.25) is 9.59 Å². The maximum atomic E-state index is 12.4. The number of methoxy groups -OCH3 is 1. The van der Waals surface area contributed by atoms with Gasteiger partial charge in [0, 0.05) is 41.4 Å². The summed E-state index contributed by atoms with van der Waals surface area (Å²) < 4.78 is 6.07. The largest absolute Gasteiger partial charge is 0.481 e. The molecule has 0 radical (unpaired) electrons. The molecular weight excluding hydrogens is 386 g/mol. The van der Waals surface area contributed by atoms with Crippen molar-refractivity contribution >= 4 is 33.4 Å². The van der Waals surface area contributed by atoms with Crippen LogP contribution in [0.25, 0.3) is 0 Å². The standard InChI is InChI=1S/C18H18BrN3O3/c1-25-18-12(4-3-7-20-18)10-21-17(24)13-8-16(23)22(11-13)15-6-2-5-14(19)9-15/h2-7,9,13H,8,10-11H2,1H3,(H,21,24). The minimum atomic E-state index is -0.367. The van der Waals surface area contributed by atoms with Crippen molar-refractivity contribution < 1.29 is 14.3 Å². The van der Waals surface area contributed by atoms with Gasteiger partial charge in [-0.05, 0) is 24.3 Å². The van der Waals surface area contributed by atoms with Gasteiger partial charge >= 0.3 is 0 Å². The number of pyridine rings is 1. The van der Waals surface area contributed by atoms with Crippen molar-refractivity contribution in [2.75, 3.05) is 18.6 Å². The SMILES string of the molecule is COc1ncccc1CNC(=O)C1CC(=O)N(c2cccc(Br)c2)C1. The number of nitrogens with zero attached hydrogens (tertiary/aromatic N) is 2. The van der Waals surface area contributed by atoms with E-state index < -0.39 is 0 Å². The highest BCUT2D eigenvalue weighted by Gasteiger charge is 2.35. The Morgan fingerprint density at radius 2 is 2.24 bits per heavy atom. The van der Waals surface area contributed by atoms with E-state index in [9.17, 15) is 9.59 Å². The van der Waals surface area contributed by atoms with E-state index in [0.717, 1.165) is 15.7 Å². The predicted molar refractivity (Wildman–Crippen MR) is 97.2 cm³/mol. The van der Waals surface area contributed by atoms with Gasteiger partial charge in [0.15, 0.2) is 0 Å². The lowest BCUT2D eigenvalue weighted by Crippen LogP contribution is -2.32. The molecule has 1 aliphatic rings. The number of halogens is 1. The Hall–Kier alpha value is -2.41. The van der Waals surface area contributed by atoms with Gasteiger partial charge in [0.05, 0.1) is 13.0 Å². The second kappa shape index (κ2) is 7.65. The molecule has 1 N–H and O–H groups in total. The maximum Gasteiger partial charge on any atom is 0.227 e. The van der Waals surface area contributed by atoms with Crippen molar-refractivity contribution in [1.82, 2.24) is 10.3 Å². The fraction of sp³-hybridized carbons (Fsp3) is 0.278. The summed E-state index contributed by atoms with van der Waals surface area (Å²) in [7, 11) is 1.54. The van der Waals surface area contributed by atoms with Crippen molar-refractivity contribution in [2.45, 2.75) is 13.0 Å². The third-order valence-electron chi connectivity index (χ3n) is 4.11. The number of ether oxygens (including phenoxy) is 1. The molecule has 1 aliphatic heterocycles. The van der Waals surface area contributed by atoms with Crippen LogP contribution in [0.5, 0.6) is 5.88 Å². The van der Waals surface area contributed by atoms with Crippen LogP contribution in [0.4, 0.5) is 5.69 Å². The van der Waals surface area contributed by atoms with E-state index >= 15 is 0 Å². The van der Waals surface area contributed by atoms with Gasteiger partial charge in [0.2, 0.25) is 17.7 Å². The summed E-state index contributed by atoms with van der Waals surface area (Å²) in [5, 5.41) is 2.87. The fourth-order valence-electron chi connectivity index (χ4n) is 2.85. The summed E-state index contributed by atoms with van der Waals surface area (Å²) in [6.45, 7) is 0.697. The fourth-order valence-corrected chi connectivity index (χ4v) is 3.23. The Balaban J connectivity index is 1.63. The lowest BCUT2D eigenvalue weighted by Gasteiger charge is -2.17. The van der Waals surface area contributed by atoms with Crippen LogP contribution in [0.1, 0.15) is 12.0 Å². The molecule has 1 unspecified atom stereocenters. The number of carbonyl (C=O) groups excluding carboxylic acids is 2. The van der Waals surface area contributed by atoms with Crippen molar-refractivity contribution in [1.29, 1.82) is 0 Å². The lowest BCUT2D eigenvalue weighted by atomic mass is 10.1. The van der Waals surface area contributed by atoms with Crippen molar-refractivity contribution in [3.05, 3.63) is 52.6 Å². The number of anilines is 1. The molecule has 2 amide bonds. The zero-order chi connectivity index (χ0) is 17.8. The molecule has 3 rings (SSSR count). The Kier molecular flexibility index (Phi) is 5.33. The summed E-state index contributed by atoms with van der Waals surface area (Å²) in [5.74, 6) is -0.0656. The van der Waals surface area contributed by atoms with E-state index in [0.29, 0.717) is 19.0 Å². The molecule has 2 aromatic rings. The molecule has 25 heavy (non-hydrogen) atoms. The molecule has 1 aromatic carbocycles. The zero-order valence-corrected chi connectivity index (χ0v) is 15.3. The minimum absolute atomic E-state index is 0.0443. The smallest absolute Gasteiger partial charge is 0.227 e. The number of benzene rings is 1. The molecule has 0 spiro atoms. The van der Waals surface area contributed by atoms with E-state index in [2.05, 4.69) is 26.2 Å². The molecule has 6 nitrogen and oxygen atoms in total. The monoisotopic (exact) mass is 403 g/mol. The number of carbonyl (C=O) groups is 2. The summed E-state index contributed by atoms with van der Waals surface area (Å²) >= 11 is 3.40. The van der Waals surface area contributed by atoms with Gasteiger partial charge in [0.25, 0.3) is 0 Å². The Morgan fingerprint density at radius 3 is 3.00 bits per heavy atom. The molecule has 1 fully saturated rings. The van der Waals surface area contributed by atoms with Crippen LogP contribution >= 0.6 is 15.9 Å². The minimum Gasteiger partial charge on any atom is -0.481 e. The van der Waals surface area contributed by atoms with E-state index in [1.807, 2.05) is 30.3 Å². The molecule has 0 aliphatic carbocycles. The number of rotatable bonds is 5. The van der Waals surface area contributed by atoms with E-state index in [-0.39, 0.29) is 24.2 Å². The number of hydrogen-bond donors (Lipinski definition) is 1. The van der Waals surface area contributed by atoms with Crippen LogP contribution in [-0.2, 0) is 16.1 Å². The third-order valence-corrected chi connectivity index (χ3v) is 4.61. The van der Waals surface area contributed by atoms with Crippen molar-refractivity contribution in [3.8, 4) is 5.88 Å². The highest BCUT2D eigenvalue weighted by atomic mass is 79.9.